The van der Waals surface area contributed by atoms with Crippen molar-refractivity contribution in [3.8, 4) is 11.1 Å². The third-order valence-electron chi connectivity index (χ3n) is 7.71. The van der Waals surface area contributed by atoms with E-state index in [2.05, 4.69) is 17.4 Å². The SMILES string of the molecule is CC(C)(C)OC(=O)CC[C@H](NC(=O)OCC1c2ccccc2-c2ccccc21)[C@H]1OC(C)(C)O[C@H]1C(=O)OCc1ccccc1. The number of amides is 1. The Bertz CT molecular complexity index is 1470. The van der Waals surface area contributed by atoms with Gasteiger partial charge in [-0.1, -0.05) is 78.9 Å². The fourth-order valence-corrected chi connectivity index (χ4v) is 5.85. The molecule has 0 aromatic heterocycles. The summed E-state index contributed by atoms with van der Waals surface area (Å²) in [5.74, 6) is -2.35. The molecule has 1 aliphatic heterocycles. The highest BCUT2D eigenvalue weighted by Crippen LogP contribution is 2.44. The normalized spacial score (nSPS) is 19.2. The van der Waals surface area contributed by atoms with E-state index < -0.39 is 47.7 Å². The van der Waals surface area contributed by atoms with Crippen LogP contribution in [0.2, 0.25) is 0 Å². The van der Waals surface area contributed by atoms with Crippen molar-refractivity contribution < 1.29 is 38.1 Å². The van der Waals surface area contributed by atoms with Gasteiger partial charge in [0.05, 0.1) is 6.04 Å². The summed E-state index contributed by atoms with van der Waals surface area (Å²) in [4.78, 5) is 39.3. The van der Waals surface area contributed by atoms with Gasteiger partial charge >= 0.3 is 18.0 Å². The van der Waals surface area contributed by atoms with Crippen LogP contribution in [0.15, 0.2) is 78.9 Å². The van der Waals surface area contributed by atoms with Crippen LogP contribution in [0.25, 0.3) is 11.1 Å². The number of alkyl carbamates (subject to hydrolysis) is 1. The van der Waals surface area contributed by atoms with Crippen molar-refractivity contribution in [1.29, 1.82) is 0 Å². The van der Waals surface area contributed by atoms with Gasteiger partial charge in [-0.15, -0.1) is 0 Å². The predicted molar refractivity (Wildman–Crippen MR) is 167 cm³/mol. The quantitative estimate of drug-likeness (QED) is 0.210. The fourth-order valence-electron chi connectivity index (χ4n) is 5.85. The van der Waals surface area contributed by atoms with Crippen LogP contribution in [-0.2, 0) is 39.9 Å². The Labute approximate surface area is 264 Å². The summed E-state index contributed by atoms with van der Waals surface area (Å²) < 4.78 is 29.0. The van der Waals surface area contributed by atoms with Crippen LogP contribution < -0.4 is 5.32 Å². The van der Waals surface area contributed by atoms with Crippen LogP contribution in [0, 0.1) is 0 Å². The number of esters is 2. The Morgan fingerprint density at radius 3 is 2.07 bits per heavy atom. The Kier molecular flexibility index (Phi) is 9.60. The molecule has 45 heavy (non-hydrogen) atoms. The molecule has 1 aliphatic carbocycles. The standard InChI is InChI=1S/C36H41NO8/c1-35(2,3)43-30(38)20-19-29(31-32(45-36(4,5)44-31)33(39)41-21-23-13-7-6-8-14-23)37-34(40)42-22-28-26-17-11-9-15-24(26)25-16-10-12-18-27(25)28/h6-18,28-29,31-32H,19-22H2,1-5H3,(H,37,40)/t29-,31+,32+/m0/s1. The van der Waals surface area contributed by atoms with Crippen molar-refractivity contribution in [3.05, 3.63) is 95.6 Å². The predicted octanol–water partition coefficient (Wildman–Crippen LogP) is 6.28. The molecule has 2 aliphatic rings. The van der Waals surface area contributed by atoms with Crippen molar-refractivity contribution in [2.45, 2.75) is 89.6 Å². The number of rotatable bonds is 10. The Balaban J connectivity index is 1.31. The van der Waals surface area contributed by atoms with Gasteiger partial charge in [0.1, 0.15) is 24.9 Å². The molecule has 9 nitrogen and oxygen atoms in total. The minimum atomic E-state index is -1.15. The molecule has 0 bridgehead atoms. The van der Waals surface area contributed by atoms with Gasteiger partial charge in [-0.2, -0.15) is 0 Å². The first-order valence-corrected chi connectivity index (χ1v) is 15.3. The lowest BCUT2D eigenvalue weighted by Gasteiger charge is -2.27. The molecular weight excluding hydrogens is 574 g/mol. The third-order valence-corrected chi connectivity index (χ3v) is 7.71. The van der Waals surface area contributed by atoms with Gasteiger partial charge in [-0.05, 0) is 68.9 Å². The number of benzene rings is 3. The lowest BCUT2D eigenvalue weighted by Crippen LogP contribution is -2.50. The van der Waals surface area contributed by atoms with Crippen molar-refractivity contribution in [1.82, 2.24) is 5.32 Å². The van der Waals surface area contributed by atoms with E-state index in [0.717, 1.165) is 27.8 Å². The first-order valence-electron chi connectivity index (χ1n) is 15.3. The second-order valence-corrected chi connectivity index (χ2v) is 12.8. The minimum absolute atomic E-state index is 0.0301. The van der Waals surface area contributed by atoms with Gasteiger partial charge in [0, 0.05) is 12.3 Å². The van der Waals surface area contributed by atoms with E-state index in [-0.39, 0.29) is 32.0 Å². The molecular formula is C36H41NO8. The number of hydrogen-bond acceptors (Lipinski definition) is 8. The minimum Gasteiger partial charge on any atom is -0.460 e. The topological polar surface area (TPSA) is 109 Å². The van der Waals surface area contributed by atoms with Gasteiger partial charge in [0.15, 0.2) is 11.9 Å². The molecule has 238 valence electrons. The molecule has 1 heterocycles. The van der Waals surface area contributed by atoms with Crippen LogP contribution in [0.4, 0.5) is 4.79 Å². The summed E-state index contributed by atoms with van der Waals surface area (Å²) >= 11 is 0. The lowest BCUT2D eigenvalue weighted by atomic mass is 9.98. The Hall–Kier alpha value is -4.21. The number of fused-ring (bicyclic) bond motifs is 3. The summed E-state index contributed by atoms with van der Waals surface area (Å²) in [6.45, 7) is 8.88. The average molecular weight is 616 g/mol. The number of hydrogen-bond donors (Lipinski definition) is 1. The Morgan fingerprint density at radius 2 is 1.44 bits per heavy atom. The lowest BCUT2D eigenvalue weighted by molar-refractivity contribution is -0.171. The average Bonchev–Trinajstić information content (AvgIpc) is 3.50. The van der Waals surface area contributed by atoms with Gasteiger partial charge in [-0.25, -0.2) is 9.59 Å². The zero-order valence-corrected chi connectivity index (χ0v) is 26.4. The van der Waals surface area contributed by atoms with Crippen LogP contribution in [0.3, 0.4) is 0 Å². The maximum atomic E-state index is 13.4. The molecule has 1 amide bonds. The third kappa shape index (κ3) is 8.09. The molecule has 1 fully saturated rings. The van der Waals surface area contributed by atoms with E-state index in [1.54, 1.807) is 34.6 Å². The van der Waals surface area contributed by atoms with Gasteiger partial charge < -0.3 is 29.0 Å². The number of ether oxygens (including phenoxy) is 5. The molecule has 0 unspecified atom stereocenters. The molecule has 3 atom stereocenters. The molecule has 3 aromatic rings. The molecule has 3 aromatic carbocycles. The van der Waals surface area contributed by atoms with Crippen molar-refractivity contribution in [3.63, 3.8) is 0 Å². The fraction of sp³-hybridized carbons (Fsp3) is 0.417. The van der Waals surface area contributed by atoms with Gasteiger partial charge in [0.2, 0.25) is 0 Å². The zero-order valence-electron chi connectivity index (χ0n) is 26.4. The van der Waals surface area contributed by atoms with Crippen LogP contribution in [-0.4, -0.2) is 54.3 Å². The van der Waals surface area contributed by atoms with Gasteiger partial charge in [-0.3, -0.25) is 4.79 Å². The molecule has 5 rings (SSSR count). The zero-order chi connectivity index (χ0) is 32.2. The van der Waals surface area contributed by atoms with E-state index in [9.17, 15) is 14.4 Å². The molecule has 0 radical (unpaired) electrons. The summed E-state index contributed by atoms with van der Waals surface area (Å²) in [6, 6.07) is 24.6. The summed E-state index contributed by atoms with van der Waals surface area (Å²) in [7, 11) is 0. The number of carbonyl (C=O) groups excluding carboxylic acids is 3. The molecule has 1 N–H and O–H groups in total. The number of carbonyl (C=O) groups is 3. The number of nitrogens with one attached hydrogen (secondary N) is 1. The summed E-state index contributed by atoms with van der Waals surface area (Å²) in [6.07, 6.45) is -2.72. The maximum Gasteiger partial charge on any atom is 0.407 e. The highest BCUT2D eigenvalue weighted by molar-refractivity contribution is 5.79. The van der Waals surface area contributed by atoms with Crippen LogP contribution in [0.5, 0.6) is 0 Å². The van der Waals surface area contributed by atoms with Crippen LogP contribution in [0.1, 0.15) is 70.1 Å². The molecule has 0 spiro atoms. The van der Waals surface area contributed by atoms with Crippen molar-refractivity contribution in [2.24, 2.45) is 0 Å². The highest BCUT2D eigenvalue weighted by atomic mass is 16.8. The van der Waals surface area contributed by atoms with E-state index >= 15 is 0 Å². The second-order valence-electron chi connectivity index (χ2n) is 12.8. The maximum absolute atomic E-state index is 13.4. The largest absolute Gasteiger partial charge is 0.460 e. The van der Waals surface area contributed by atoms with E-state index in [4.69, 9.17) is 23.7 Å². The van der Waals surface area contributed by atoms with Gasteiger partial charge in [0.25, 0.3) is 0 Å². The second kappa shape index (κ2) is 13.4. The molecule has 0 saturated carbocycles. The van der Waals surface area contributed by atoms with Crippen LogP contribution >= 0.6 is 0 Å². The van der Waals surface area contributed by atoms with Crippen molar-refractivity contribution in [2.75, 3.05) is 6.61 Å². The molecule has 9 heteroatoms. The first-order chi connectivity index (χ1) is 21.4. The van der Waals surface area contributed by atoms with E-state index in [1.807, 2.05) is 66.7 Å². The van der Waals surface area contributed by atoms with E-state index in [0.29, 0.717) is 0 Å². The highest BCUT2D eigenvalue weighted by Gasteiger charge is 2.50. The summed E-state index contributed by atoms with van der Waals surface area (Å²) in [5, 5.41) is 2.86. The molecule has 1 saturated heterocycles. The summed E-state index contributed by atoms with van der Waals surface area (Å²) in [5.41, 5.74) is 4.55. The Morgan fingerprint density at radius 1 is 0.844 bits per heavy atom. The monoisotopic (exact) mass is 615 g/mol. The first kappa shape index (κ1) is 32.2. The van der Waals surface area contributed by atoms with Crippen molar-refractivity contribution >= 4 is 18.0 Å². The smallest absolute Gasteiger partial charge is 0.407 e. The van der Waals surface area contributed by atoms with E-state index in [1.165, 1.54) is 0 Å².